The molecule has 1 atom stereocenters. The van der Waals surface area contributed by atoms with E-state index in [4.69, 9.17) is 11.6 Å². The Labute approximate surface area is 150 Å². The maximum absolute atomic E-state index is 12.7. The number of nitrogens with zero attached hydrogens (tertiary/aromatic N) is 1. The minimum atomic E-state index is -3.96. The van der Waals surface area contributed by atoms with Gasteiger partial charge in [0.1, 0.15) is 5.92 Å². The number of para-hydroxylation sites is 1. The zero-order chi connectivity index (χ0) is 18.4. The molecule has 0 aromatic heterocycles. The van der Waals surface area contributed by atoms with Gasteiger partial charge < -0.3 is 5.32 Å². The van der Waals surface area contributed by atoms with Crippen LogP contribution in [0.5, 0.6) is 0 Å². The highest BCUT2D eigenvalue weighted by Crippen LogP contribution is 2.35. The molecule has 0 radical (unpaired) electrons. The molecule has 130 valence electrons. The number of anilines is 1. The van der Waals surface area contributed by atoms with Gasteiger partial charge in [0, 0.05) is 7.05 Å². The van der Waals surface area contributed by atoms with Gasteiger partial charge in [-0.2, -0.15) is 0 Å². The van der Waals surface area contributed by atoms with Crippen LogP contribution in [0.2, 0.25) is 5.02 Å². The molecular formula is C17H15ClN2O4S. The van der Waals surface area contributed by atoms with Gasteiger partial charge in [0.2, 0.25) is 5.91 Å². The van der Waals surface area contributed by atoms with E-state index in [0.717, 1.165) is 12.6 Å². The molecule has 1 heterocycles. The van der Waals surface area contributed by atoms with Crippen LogP contribution in [-0.4, -0.2) is 31.6 Å². The molecule has 0 fully saturated rings. The van der Waals surface area contributed by atoms with Crippen LogP contribution in [0, 0.1) is 6.92 Å². The van der Waals surface area contributed by atoms with E-state index in [1.165, 1.54) is 12.1 Å². The fraction of sp³-hybridized carbons (Fsp3) is 0.176. The summed E-state index contributed by atoms with van der Waals surface area (Å²) in [6, 6.07) is 11.2. The maximum atomic E-state index is 12.7. The molecule has 25 heavy (non-hydrogen) atoms. The van der Waals surface area contributed by atoms with Crippen molar-refractivity contribution in [2.45, 2.75) is 17.7 Å². The number of hydrogen-bond donors (Lipinski definition) is 1. The lowest BCUT2D eigenvalue weighted by molar-refractivity contribution is -0.132. The van der Waals surface area contributed by atoms with Crippen LogP contribution in [0.1, 0.15) is 17.0 Å². The van der Waals surface area contributed by atoms with Gasteiger partial charge in [0.15, 0.2) is 0 Å². The predicted octanol–water partition coefficient (Wildman–Crippen LogP) is 2.53. The molecule has 0 bridgehead atoms. The highest BCUT2D eigenvalue weighted by Gasteiger charge is 2.44. The first-order valence-electron chi connectivity index (χ1n) is 7.42. The molecule has 2 amide bonds. The first-order chi connectivity index (χ1) is 11.7. The third-order valence-electron chi connectivity index (χ3n) is 4.07. The van der Waals surface area contributed by atoms with Gasteiger partial charge in [-0.1, -0.05) is 35.9 Å². The van der Waals surface area contributed by atoms with Gasteiger partial charge in [-0.15, -0.1) is 0 Å². The van der Waals surface area contributed by atoms with Crippen molar-refractivity contribution in [3.05, 3.63) is 58.6 Å². The number of halogens is 1. The van der Waals surface area contributed by atoms with E-state index in [0.29, 0.717) is 15.0 Å². The molecule has 8 heteroatoms. The van der Waals surface area contributed by atoms with Crippen molar-refractivity contribution in [3.8, 4) is 0 Å². The average Bonchev–Trinajstić information content (AvgIpc) is 2.56. The van der Waals surface area contributed by atoms with E-state index in [1.807, 2.05) is 0 Å². The SMILES string of the molecule is Cc1ccc2c(c1)S(=O)(=O)N(C)C(=O)C2C(=O)Nc1ccccc1Cl. The maximum Gasteiger partial charge on any atom is 0.266 e. The second kappa shape index (κ2) is 6.16. The number of rotatable bonds is 2. The largest absolute Gasteiger partial charge is 0.324 e. The number of benzene rings is 2. The van der Waals surface area contributed by atoms with Gasteiger partial charge in [-0.05, 0) is 36.2 Å². The van der Waals surface area contributed by atoms with E-state index < -0.39 is 27.8 Å². The standard InChI is InChI=1S/C17H15ClN2O4S/c1-10-7-8-11-14(9-10)25(23,24)20(2)17(22)15(11)16(21)19-13-6-4-3-5-12(13)18/h3-9,15H,1-2H3,(H,19,21). The van der Waals surface area contributed by atoms with Crippen LogP contribution in [0.3, 0.4) is 0 Å². The van der Waals surface area contributed by atoms with Gasteiger partial charge in [0.25, 0.3) is 15.9 Å². The van der Waals surface area contributed by atoms with Crippen LogP contribution < -0.4 is 5.32 Å². The number of hydrogen-bond acceptors (Lipinski definition) is 4. The van der Waals surface area contributed by atoms with Gasteiger partial charge >= 0.3 is 0 Å². The fourth-order valence-corrected chi connectivity index (χ4v) is 4.34. The molecule has 3 rings (SSSR count). The Bertz CT molecular complexity index is 988. The number of carbonyl (C=O) groups excluding carboxylic acids is 2. The molecule has 0 aliphatic carbocycles. The quantitative estimate of drug-likeness (QED) is 0.814. The lowest BCUT2D eigenvalue weighted by atomic mass is 9.95. The van der Waals surface area contributed by atoms with Gasteiger partial charge in [-0.25, -0.2) is 12.7 Å². The number of nitrogens with one attached hydrogen (secondary N) is 1. The number of aryl methyl sites for hydroxylation is 1. The predicted molar refractivity (Wildman–Crippen MR) is 94.0 cm³/mol. The Kier molecular flexibility index (Phi) is 4.30. The summed E-state index contributed by atoms with van der Waals surface area (Å²) >= 11 is 6.03. The Balaban J connectivity index is 2.08. The van der Waals surface area contributed by atoms with E-state index >= 15 is 0 Å². The minimum absolute atomic E-state index is 0.0334. The molecule has 0 saturated heterocycles. The normalized spacial score (nSPS) is 18.6. The van der Waals surface area contributed by atoms with Crippen LogP contribution in [-0.2, 0) is 19.6 Å². The molecule has 0 saturated carbocycles. The fourth-order valence-electron chi connectivity index (χ4n) is 2.71. The molecule has 1 aliphatic rings. The molecular weight excluding hydrogens is 364 g/mol. The second-order valence-corrected chi connectivity index (χ2v) is 8.10. The van der Waals surface area contributed by atoms with Crippen molar-refractivity contribution in [2.24, 2.45) is 0 Å². The summed E-state index contributed by atoms with van der Waals surface area (Å²) < 4.78 is 25.6. The topological polar surface area (TPSA) is 83.6 Å². The number of likely N-dealkylation sites (N-methyl/N-ethyl adjacent to an activating group) is 1. The summed E-state index contributed by atoms with van der Waals surface area (Å²) in [6.07, 6.45) is 0. The average molecular weight is 379 g/mol. The van der Waals surface area contributed by atoms with E-state index in [2.05, 4.69) is 5.32 Å². The molecule has 6 nitrogen and oxygen atoms in total. The van der Waals surface area contributed by atoms with Gasteiger partial charge in [0.05, 0.1) is 15.6 Å². The summed E-state index contributed by atoms with van der Waals surface area (Å²) in [5.41, 5.74) is 1.24. The van der Waals surface area contributed by atoms with Crippen molar-refractivity contribution in [2.75, 3.05) is 12.4 Å². The van der Waals surface area contributed by atoms with Crippen LogP contribution in [0.25, 0.3) is 0 Å². The number of carbonyl (C=O) groups is 2. The highest BCUT2D eigenvalue weighted by molar-refractivity contribution is 7.89. The van der Waals surface area contributed by atoms with Crippen molar-refractivity contribution >= 4 is 39.1 Å². The molecule has 1 unspecified atom stereocenters. The van der Waals surface area contributed by atoms with Gasteiger partial charge in [-0.3, -0.25) is 9.59 Å². The molecule has 2 aromatic carbocycles. The zero-order valence-electron chi connectivity index (χ0n) is 13.5. The van der Waals surface area contributed by atoms with Crippen LogP contribution >= 0.6 is 11.6 Å². The van der Waals surface area contributed by atoms with E-state index in [-0.39, 0.29) is 10.5 Å². The monoisotopic (exact) mass is 378 g/mol. The molecule has 0 spiro atoms. The van der Waals surface area contributed by atoms with Crippen molar-refractivity contribution < 1.29 is 18.0 Å². The molecule has 1 N–H and O–H groups in total. The summed E-state index contributed by atoms with van der Waals surface area (Å²) in [4.78, 5) is 25.2. The Morgan fingerprint density at radius 2 is 1.88 bits per heavy atom. The number of amides is 2. The van der Waals surface area contributed by atoms with Crippen molar-refractivity contribution in [1.82, 2.24) is 4.31 Å². The van der Waals surface area contributed by atoms with Crippen molar-refractivity contribution in [1.29, 1.82) is 0 Å². The highest BCUT2D eigenvalue weighted by atomic mass is 35.5. The van der Waals surface area contributed by atoms with Crippen LogP contribution in [0.4, 0.5) is 5.69 Å². The summed E-state index contributed by atoms with van der Waals surface area (Å²) in [7, 11) is -2.81. The second-order valence-electron chi connectivity index (χ2n) is 5.75. The Morgan fingerprint density at radius 3 is 2.56 bits per heavy atom. The first-order valence-corrected chi connectivity index (χ1v) is 9.24. The summed E-state index contributed by atoms with van der Waals surface area (Å²) in [5, 5.41) is 2.92. The molecule has 1 aliphatic heterocycles. The molecule has 2 aromatic rings. The Morgan fingerprint density at radius 1 is 1.20 bits per heavy atom. The summed E-state index contributed by atoms with van der Waals surface area (Å²) in [5.74, 6) is -2.70. The Hall–Kier alpha value is -2.38. The lowest BCUT2D eigenvalue weighted by Crippen LogP contribution is -2.45. The number of fused-ring (bicyclic) bond motifs is 1. The van der Waals surface area contributed by atoms with Crippen molar-refractivity contribution in [3.63, 3.8) is 0 Å². The smallest absolute Gasteiger partial charge is 0.266 e. The lowest BCUT2D eigenvalue weighted by Gasteiger charge is -2.30. The minimum Gasteiger partial charge on any atom is -0.324 e. The third-order valence-corrected chi connectivity index (χ3v) is 6.21. The first kappa shape index (κ1) is 17.4. The zero-order valence-corrected chi connectivity index (χ0v) is 15.1. The van der Waals surface area contributed by atoms with Crippen LogP contribution in [0.15, 0.2) is 47.4 Å². The van der Waals surface area contributed by atoms with E-state index in [9.17, 15) is 18.0 Å². The summed E-state index contributed by atoms with van der Waals surface area (Å²) in [6.45, 7) is 1.74. The number of sulfonamides is 1. The van der Waals surface area contributed by atoms with E-state index in [1.54, 1.807) is 37.3 Å². The third kappa shape index (κ3) is 2.89.